The Balaban J connectivity index is 1.82. The molecule has 0 saturated heterocycles. The van der Waals surface area contributed by atoms with Crippen molar-refractivity contribution < 1.29 is 4.74 Å². The zero-order valence-electron chi connectivity index (χ0n) is 15.5. The third-order valence-corrected chi connectivity index (χ3v) is 6.31. The van der Waals surface area contributed by atoms with Gasteiger partial charge in [0.05, 0.1) is 0 Å². The first-order valence-electron chi connectivity index (χ1n) is 9.01. The lowest BCUT2D eigenvalue weighted by Gasteiger charge is -2.24. The fraction of sp³-hybridized carbons (Fsp3) is 0.217. The van der Waals surface area contributed by atoms with Crippen LogP contribution in [0.1, 0.15) is 28.4 Å². The highest BCUT2D eigenvalue weighted by Crippen LogP contribution is 2.43. The van der Waals surface area contributed by atoms with Gasteiger partial charge in [0.25, 0.3) is 0 Å². The summed E-state index contributed by atoms with van der Waals surface area (Å²) in [6, 6.07) is 23.5. The van der Waals surface area contributed by atoms with Gasteiger partial charge in [0.2, 0.25) is 0 Å². The van der Waals surface area contributed by atoms with Crippen LogP contribution in [0, 0.1) is 0 Å². The highest BCUT2D eigenvalue weighted by Gasteiger charge is 2.26. The number of rotatable bonds is 4. The second-order valence-corrected chi connectivity index (χ2v) is 8.95. The molecule has 4 heteroatoms. The van der Waals surface area contributed by atoms with E-state index in [0.29, 0.717) is 0 Å². The highest BCUT2D eigenvalue weighted by atomic mass is 79.9. The summed E-state index contributed by atoms with van der Waals surface area (Å²) >= 11 is 5.53. The number of para-hydroxylation sites is 1. The average molecular weight is 440 g/mol. The predicted molar refractivity (Wildman–Crippen MR) is 116 cm³/mol. The minimum Gasteiger partial charge on any atom is -0.481 e. The van der Waals surface area contributed by atoms with E-state index < -0.39 is 0 Å². The van der Waals surface area contributed by atoms with Crippen LogP contribution in [0.4, 0.5) is 0 Å². The van der Waals surface area contributed by atoms with Crippen molar-refractivity contribution in [1.82, 2.24) is 4.90 Å². The average Bonchev–Trinajstić information content (AvgIpc) is 2.80. The van der Waals surface area contributed by atoms with Gasteiger partial charge in [-0.05, 0) is 43.9 Å². The zero-order valence-corrected chi connectivity index (χ0v) is 17.9. The minimum absolute atomic E-state index is 0.119. The van der Waals surface area contributed by atoms with Gasteiger partial charge in [-0.3, -0.25) is 0 Å². The van der Waals surface area contributed by atoms with Crippen molar-refractivity contribution in [2.45, 2.75) is 23.3 Å². The third kappa shape index (κ3) is 4.08. The lowest BCUT2D eigenvalue weighted by molar-refractivity contribution is 0.238. The molecule has 1 atom stereocenters. The minimum atomic E-state index is -0.119. The second-order valence-electron chi connectivity index (χ2n) is 7.01. The molecule has 1 heterocycles. The van der Waals surface area contributed by atoms with Crippen molar-refractivity contribution in [2.24, 2.45) is 0 Å². The van der Waals surface area contributed by atoms with Gasteiger partial charge in [-0.15, -0.1) is 11.8 Å². The molecule has 0 aliphatic carbocycles. The molecule has 0 spiro atoms. The molecular weight excluding hydrogens is 418 g/mol. The number of fused-ring (bicyclic) bond motifs is 2. The van der Waals surface area contributed by atoms with Crippen LogP contribution in [-0.2, 0) is 12.3 Å². The van der Waals surface area contributed by atoms with Crippen molar-refractivity contribution in [1.29, 1.82) is 0 Å². The van der Waals surface area contributed by atoms with Gasteiger partial charge in [-0.25, -0.2) is 0 Å². The van der Waals surface area contributed by atoms with E-state index in [2.05, 4.69) is 95.6 Å². The van der Waals surface area contributed by atoms with Crippen LogP contribution in [0.5, 0.6) is 5.75 Å². The van der Waals surface area contributed by atoms with Gasteiger partial charge < -0.3 is 9.64 Å². The topological polar surface area (TPSA) is 12.5 Å². The molecule has 2 nitrogen and oxygen atoms in total. The zero-order chi connectivity index (χ0) is 18.8. The summed E-state index contributed by atoms with van der Waals surface area (Å²) in [6.45, 7) is 0.852. The fourth-order valence-electron chi connectivity index (χ4n) is 3.44. The van der Waals surface area contributed by atoms with E-state index in [1.807, 2.05) is 17.8 Å². The molecule has 0 fully saturated rings. The molecule has 138 valence electrons. The smallest absolute Gasteiger partial charge is 0.150 e. The molecule has 3 aromatic rings. The molecule has 27 heavy (non-hydrogen) atoms. The molecule has 0 saturated carbocycles. The fourth-order valence-corrected chi connectivity index (χ4v) is 4.89. The SMILES string of the molecule is CN(C)Cc1ccccc1O[C@H]1c2ccccc2CSc2ccc(Br)cc21. The highest BCUT2D eigenvalue weighted by molar-refractivity contribution is 9.10. The predicted octanol–water partition coefficient (Wildman–Crippen LogP) is 6.28. The maximum atomic E-state index is 6.71. The van der Waals surface area contributed by atoms with Crippen LogP contribution >= 0.6 is 27.7 Å². The molecular formula is C23H22BrNOS. The Morgan fingerprint density at radius 1 is 1.00 bits per heavy atom. The first kappa shape index (κ1) is 18.6. The number of halogens is 1. The maximum Gasteiger partial charge on any atom is 0.150 e. The lowest BCUT2D eigenvalue weighted by atomic mass is 9.97. The second kappa shape index (κ2) is 8.09. The van der Waals surface area contributed by atoms with Crippen molar-refractivity contribution >= 4 is 27.7 Å². The molecule has 0 amide bonds. The number of hydrogen-bond acceptors (Lipinski definition) is 3. The van der Waals surface area contributed by atoms with Crippen molar-refractivity contribution in [2.75, 3.05) is 14.1 Å². The number of hydrogen-bond donors (Lipinski definition) is 0. The molecule has 4 rings (SSSR count). The van der Waals surface area contributed by atoms with Gasteiger partial charge in [0, 0.05) is 38.4 Å². The van der Waals surface area contributed by atoms with Crippen molar-refractivity contribution in [3.05, 3.63) is 93.5 Å². The van der Waals surface area contributed by atoms with E-state index in [1.165, 1.54) is 27.1 Å². The first-order valence-corrected chi connectivity index (χ1v) is 10.8. The standard InChI is InChI=1S/C23H22BrNOS/c1-25(2)14-16-7-4-6-10-21(16)26-23-19-9-5-3-8-17(19)15-27-22-12-11-18(24)13-20(22)23/h3-13,23H,14-15H2,1-2H3/t23-/m0/s1. The van der Waals surface area contributed by atoms with E-state index in [4.69, 9.17) is 4.74 Å². The Bertz CT molecular complexity index is 957. The quantitative estimate of drug-likeness (QED) is 0.474. The summed E-state index contributed by atoms with van der Waals surface area (Å²) in [5.74, 6) is 1.91. The summed E-state index contributed by atoms with van der Waals surface area (Å²) in [5, 5.41) is 0. The first-order chi connectivity index (χ1) is 13.1. The summed E-state index contributed by atoms with van der Waals surface area (Å²) in [5.41, 5.74) is 5.01. The molecule has 0 aromatic heterocycles. The summed E-state index contributed by atoms with van der Waals surface area (Å²) < 4.78 is 7.79. The number of benzene rings is 3. The van der Waals surface area contributed by atoms with Crippen LogP contribution in [0.15, 0.2) is 76.1 Å². The number of nitrogens with zero attached hydrogens (tertiary/aromatic N) is 1. The Hall–Kier alpha value is -1.75. The molecule has 1 aliphatic rings. The van der Waals surface area contributed by atoms with Gasteiger partial charge in [0.15, 0.2) is 6.10 Å². The van der Waals surface area contributed by atoms with E-state index in [-0.39, 0.29) is 6.10 Å². The van der Waals surface area contributed by atoms with E-state index in [9.17, 15) is 0 Å². The lowest BCUT2D eigenvalue weighted by Crippen LogP contribution is -2.15. The molecule has 0 N–H and O–H groups in total. The third-order valence-electron chi connectivity index (χ3n) is 4.68. The van der Waals surface area contributed by atoms with Gasteiger partial charge in [0.1, 0.15) is 5.75 Å². The van der Waals surface area contributed by atoms with Gasteiger partial charge >= 0.3 is 0 Å². The van der Waals surface area contributed by atoms with Crippen molar-refractivity contribution in [3.8, 4) is 5.75 Å². The summed E-state index contributed by atoms with van der Waals surface area (Å²) in [6.07, 6.45) is -0.119. The number of ether oxygens (including phenoxy) is 1. The van der Waals surface area contributed by atoms with Crippen molar-refractivity contribution in [3.63, 3.8) is 0 Å². The monoisotopic (exact) mass is 439 g/mol. The van der Waals surface area contributed by atoms with E-state index >= 15 is 0 Å². The van der Waals surface area contributed by atoms with Crippen LogP contribution in [0.3, 0.4) is 0 Å². The molecule has 1 aliphatic heterocycles. The largest absolute Gasteiger partial charge is 0.481 e. The summed E-state index contributed by atoms with van der Waals surface area (Å²) in [7, 11) is 4.17. The Labute approximate surface area is 173 Å². The normalized spacial score (nSPS) is 15.8. The molecule has 0 unspecified atom stereocenters. The van der Waals surface area contributed by atoms with Crippen LogP contribution < -0.4 is 4.74 Å². The molecule has 0 bridgehead atoms. The van der Waals surface area contributed by atoms with E-state index in [0.717, 1.165) is 22.5 Å². The molecule has 0 radical (unpaired) electrons. The summed E-state index contributed by atoms with van der Waals surface area (Å²) in [4.78, 5) is 3.45. The van der Waals surface area contributed by atoms with E-state index in [1.54, 1.807) is 0 Å². The van der Waals surface area contributed by atoms with Gasteiger partial charge in [-0.1, -0.05) is 58.4 Å². The Morgan fingerprint density at radius 3 is 2.63 bits per heavy atom. The Morgan fingerprint density at radius 2 is 1.78 bits per heavy atom. The Kier molecular flexibility index (Phi) is 5.58. The van der Waals surface area contributed by atoms with Crippen LogP contribution in [-0.4, -0.2) is 19.0 Å². The van der Waals surface area contributed by atoms with Crippen LogP contribution in [0.25, 0.3) is 0 Å². The molecule has 3 aromatic carbocycles. The maximum absolute atomic E-state index is 6.71. The number of thioether (sulfide) groups is 1. The van der Waals surface area contributed by atoms with Crippen LogP contribution in [0.2, 0.25) is 0 Å². The van der Waals surface area contributed by atoms with Gasteiger partial charge in [-0.2, -0.15) is 0 Å².